The lowest BCUT2D eigenvalue weighted by molar-refractivity contribution is 0.603. The van der Waals surface area contributed by atoms with Gasteiger partial charge >= 0.3 is 0 Å². The van der Waals surface area contributed by atoms with Gasteiger partial charge in [0.2, 0.25) is 0 Å². The van der Waals surface area contributed by atoms with E-state index in [4.69, 9.17) is 0 Å². The van der Waals surface area contributed by atoms with Gasteiger partial charge in [-0.1, -0.05) is 15.9 Å². The van der Waals surface area contributed by atoms with Crippen molar-refractivity contribution in [3.63, 3.8) is 0 Å². The van der Waals surface area contributed by atoms with E-state index in [1.807, 2.05) is 0 Å². The Hall–Kier alpha value is -0.920. The molecule has 17 heavy (non-hydrogen) atoms. The van der Waals surface area contributed by atoms with Gasteiger partial charge in [0.15, 0.2) is 4.21 Å². The minimum Gasteiger partial charge on any atom is -0.279 e. The van der Waals surface area contributed by atoms with E-state index in [0.29, 0.717) is 5.69 Å². The molecule has 7 heteroatoms. The maximum atomic E-state index is 11.9. The van der Waals surface area contributed by atoms with Crippen molar-refractivity contribution in [3.8, 4) is 0 Å². The quantitative estimate of drug-likeness (QED) is 0.939. The van der Waals surface area contributed by atoms with Gasteiger partial charge in [-0.15, -0.1) is 11.3 Å². The highest BCUT2D eigenvalue weighted by Gasteiger charge is 2.16. The fourth-order valence-electron chi connectivity index (χ4n) is 1.19. The van der Waals surface area contributed by atoms with Crippen LogP contribution in [0.2, 0.25) is 0 Å². The van der Waals surface area contributed by atoms with E-state index >= 15 is 0 Å². The van der Waals surface area contributed by atoms with Crippen molar-refractivity contribution in [2.24, 2.45) is 0 Å². The maximum Gasteiger partial charge on any atom is 0.273 e. The Morgan fingerprint density at radius 3 is 2.47 bits per heavy atom. The first kappa shape index (κ1) is 12.5. The molecule has 2 rings (SSSR count). The molecule has 0 aliphatic rings. The molecule has 1 heterocycles. The van der Waals surface area contributed by atoms with E-state index in [0.717, 1.165) is 20.8 Å². The lowest BCUT2D eigenvalue weighted by Gasteiger charge is -2.05. The molecule has 0 saturated heterocycles. The third-order valence-electron chi connectivity index (χ3n) is 1.96. The van der Waals surface area contributed by atoms with Crippen molar-refractivity contribution in [3.05, 3.63) is 39.9 Å². The summed E-state index contributed by atoms with van der Waals surface area (Å²) in [5.74, 6) is 0. The zero-order valence-corrected chi connectivity index (χ0v) is 12.1. The second-order valence-electron chi connectivity index (χ2n) is 3.31. The average Bonchev–Trinajstić information content (AvgIpc) is 2.69. The third kappa shape index (κ3) is 3.05. The van der Waals surface area contributed by atoms with Gasteiger partial charge < -0.3 is 0 Å². The molecule has 90 valence electrons. The van der Waals surface area contributed by atoms with Crippen LogP contribution in [0.3, 0.4) is 0 Å². The summed E-state index contributed by atoms with van der Waals surface area (Å²) >= 11 is 4.43. The molecule has 0 radical (unpaired) electrons. The summed E-state index contributed by atoms with van der Waals surface area (Å²) in [6, 6.07) is 6.93. The molecule has 0 saturated carbocycles. The van der Waals surface area contributed by atoms with Crippen LogP contribution >= 0.6 is 27.3 Å². The first-order valence-electron chi connectivity index (χ1n) is 4.68. The van der Waals surface area contributed by atoms with Crippen LogP contribution in [0.1, 0.15) is 5.01 Å². The second-order valence-corrected chi connectivity index (χ2v) is 7.37. The van der Waals surface area contributed by atoms with Gasteiger partial charge in [0, 0.05) is 10.2 Å². The molecule has 1 aromatic carbocycles. The normalized spacial score (nSPS) is 11.4. The average molecular weight is 333 g/mol. The zero-order valence-electron chi connectivity index (χ0n) is 8.84. The van der Waals surface area contributed by atoms with Gasteiger partial charge in [-0.2, -0.15) is 0 Å². The molecule has 0 aliphatic carbocycles. The first-order valence-corrected chi connectivity index (χ1v) is 7.77. The van der Waals surface area contributed by atoms with Gasteiger partial charge in [-0.25, -0.2) is 13.4 Å². The Balaban J connectivity index is 2.26. The molecule has 2 aromatic rings. The monoisotopic (exact) mass is 332 g/mol. The molecule has 0 unspecified atom stereocenters. The Bertz CT molecular complexity index is 620. The van der Waals surface area contributed by atoms with E-state index in [9.17, 15) is 8.42 Å². The highest BCUT2D eigenvalue weighted by atomic mass is 79.9. The molecular formula is C10H9BrN2O2S2. The number of anilines is 1. The largest absolute Gasteiger partial charge is 0.279 e. The minimum atomic E-state index is -3.51. The fraction of sp³-hybridized carbons (Fsp3) is 0.100. The van der Waals surface area contributed by atoms with Gasteiger partial charge in [0.1, 0.15) is 0 Å². The van der Waals surface area contributed by atoms with Crippen LogP contribution in [0.25, 0.3) is 0 Å². The van der Waals surface area contributed by atoms with Gasteiger partial charge in [-0.3, -0.25) is 4.72 Å². The molecule has 0 fully saturated rings. The summed E-state index contributed by atoms with van der Waals surface area (Å²) in [5.41, 5.74) is 0.527. The number of aromatic nitrogens is 1. The number of nitrogens with one attached hydrogen (secondary N) is 1. The standard InChI is InChI=1S/C10H9BrN2O2S2/c1-7-12-6-10(16-7)17(14,15)13-9-4-2-8(11)3-5-9/h2-6,13H,1H3. The lowest BCUT2D eigenvalue weighted by Crippen LogP contribution is -2.11. The maximum absolute atomic E-state index is 11.9. The number of thiazole rings is 1. The third-order valence-corrected chi connectivity index (χ3v) is 5.25. The fourth-order valence-corrected chi connectivity index (χ4v) is 3.62. The number of hydrogen-bond acceptors (Lipinski definition) is 4. The molecule has 4 nitrogen and oxygen atoms in total. The molecule has 0 atom stereocenters. The predicted molar refractivity (Wildman–Crippen MR) is 71.8 cm³/mol. The van der Waals surface area contributed by atoms with Crippen molar-refractivity contribution >= 4 is 43.0 Å². The SMILES string of the molecule is Cc1ncc(S(=O)(=O)Nc2ccc(Br)cc2)s1. The summed E-state index contributed by atoms with van der Waals surface area (Å²) in [6.45, 7) is 1.77. The van der Waals surface area contributed by atoms with Crippen LogP contribution in [0, 0.1) is 6.92 Å². The Morgan fingerprint density at radius 1 is 1.29 bits per heavy atom. The van der Waals surface area contributed by atoms with E-state index < -0.39 is 10.0 Å². The van der Waals surface area contributed by atoms with Crippen LogP contribution in [0.4, 0.5) is 5.69 Å². The van der Waals surface area contributed by atoms with Crippen molar-refractivity contribution in [2.45, 2.75) is 11.1 Å². The van der Waals surface area contributed by atoms with Crippen molar-refractivity contribution in [2.75, 3.05) is 4.72 Å². The van der Waals surface area contributed by atoms with Crippen molar-refractivity contribution in [1.82, 2.24) is 4.98 Å². The lowest BCUT2D eigenvalue weighted by atomic mass is 10.3. The number of nitrogens with zero attached hydrogens (tertiary/aromatic N) is 1. The molecule has 1 N–H and O–H groups in total. The highest BCUT2D eigenvalue weighted by molar-refractivity contribution is 9.10. The second kappa shape index (κ2) is 4.75. The molecule has 1 aromatic heterocycles. The highest BCUT2D eigenvalue weighted by Crippen LogP contribution is 2.22. The predicted octanol–water partition coefficient (Wildman–Crippen LogP) is 3.01. The van der Waals surface area contributed by atoms with Crippen LogP contribution < -0.4 is 4.72 Å². The van der Waals surface area contributed by atoms with Gasteiger partial charge in [0.25, 0.3) is 10.0 Å². The van der Waals surface area contributed by atoms with E-state index in [-0.39, 0.29) is 4.21 Å². The van der Waals surface area contributed by atoms with E-state index in [2.05, 4.69) is 25.6 Å². The topological polar surface area (TPSA) is 59.1 Å². The van der Waals surface area contributed by atoms with Gasteiger partial charge in [0.05, 0.1) is 11.2 Å². The number of halogens is 1. The summed E-state index contributed by atoms with van der Waals surface area (Å²) in [4.78, 5) is 3.93. The summed E-state index contributed by atoms with van der Waals surface area (Å²) < 4.78 is 27.5. The Kier molecular flexibility index (Phi) is 3.50. The Morgan fingerprint density at radius 2 is 1.94 bits per heavy atom. The van der Waals surface area contributed by atoms with Crippen molar-refractivity contribution in [1.29, 1.82) is 0 Å². The van der Waals surface area contributed by atoms with E-state index in [1.54, 1.807) is 31.2 Å². The van der Waals surface area contributed by atoms with E-state index in [1.165, 1.54) is 6.20 Å². The van der Waals surface area contributed by atoms with Crippen LogP contribution in [0.15, 0.2) is 39.1 Å². The van der Waals surface area contributed by atoms with Gasteiger partial charge in [-0.05, 0) is 31.2 Å². The molecule has 0 aliphatic heterocycles. The van der Waals surface area contributed by atoms with Crippen molar-refractivity contribution < 1.29 is 8.42 Å². The number of hydrogen-bond donors (Lipinski definition) is 1. The van der Waals surface area contributed by atoms with Crippen LogP contribution in [-0.2, 0) is 10.0 Å². The zero-order chi connectivity index (χ0) is 12.5. The summed E-state index contributed by atoms with van der Waals surface area (Å²) in [7, 11) is -3.51. The summed E-state index contributed by atoms with van der Waals surface area (Å²) in [6.07, 6.45) is 1.36. The molecule has 0 spiro atoms. The minimum absolute atomic E-state index is 0.220. The number of benzene rings is 1. The molecular weight excluding hydrogens is 324 g/mol. The van der Waals surface area contributed by atoms with Crippen LogP contribution in [-0.4, -0.2) is 13.4 Å². The first-order chi connectivity index (χ1) is 7.97. The summed E-state index contributed by atoms with van der Waals surface area (Å²) in [5, 5.41) is 0.723. The molecule has 0 bridgehead atoms. The Labute approximate surface area is 112 Å². The number of sulfonamides is 1. The van der Waals surface area contributed by atoms with Crippen LogP contribution in [0.5, 0.6) is 0 Å². The number of rotatable bonds is 3. The molecule has 0 amide bonds. The smallest absolute Gasteiger partial charge is 0.273 e. The number of aryl methyl sites for hydroxylation is 1.